The molecule has 0 radical (unpaired) electrons. The van der Waals surface area contributed by atoms with E-state index in [2.05, 4.69) is 44.3 Å². The molecule has 2 aliphatic heterocycles. The summed E-state index contributed by atoms with van der Waals surface area (Å²) in [6, 6.07) is 21.8. The van der Waals surface area contributed by atoms with E-state index in [4.69, 9.17) is 37.4 Å². The third-order valence-electron chi connectivity index (χ3n) is 9.00. The molecular weight excluding hydrogens is 653 g/mol. The molecule has 2 aromatic heterocycles. The molecule has 11 nitrogen and oxygen atoms in total. The van der Waals surface area contributed by atoms with Crippen molar-refractivity contribution in [3.05, 3.63) is 117 Å². The van der Waals surface area contributed by atoms with Crippen molar-refractivity contribution in [1.82, 2.24) is 29.1 Å². The molecule has 0 amide bonds. The monoisotopic (exact) mass is 689 g/mol. The fourth-order valence-corrected chi connectivity index (χ4v) is 7.00. The minimum Gasteiger partial charge on any atom is -0.491 e. The van der Waals surface area contributed by atoms with Crippen LogP contribution in [-0.2, 0) is 21.8 Å². The largest absolute Gasteiger partial charge is 0.491 e. The van der Waals surface area contributed by atoms with Gasteiger partial charge >= 0.3 is 5.69 Å². The van der Waals surface area contributed by atoms with E-state index in [1.165, 1.54) is 16.6 Å². The average Bonchev–Trinajstić information content (AvgIpc) is 3.85. The van der Waals surface area contributed by atoms with Crippen molar-refractivity contribution < 1.29 is 14.2 Å². The second kappa shape index (κ2) is 13.8. The molecule has 2 aliphatic rings. The first kappa shape index (κ1) is 32.4. The van der Waals surface area contributed by atoms with Crippen LogP contribution in [0.2, 0.25) is 10.0 Å². The van der Waals surface area contributed by atoms with Crippen molar-refractivity contribution in [2.45, 2.75) is 57.1 Å². The van der Waals surface area contributed by atoms with E-state index in [1.54, 1.807) is 34.0 Å². The number of ether oxygens (including phenoxy) is 3. The summed E-state index contributed by atoms with van der Waals surface area (Å²) in [5.74, 6) is 0.0979. The van der Waals surface area contributed by atoms with Crippen LogP contribution < -0.4 is 15.3 Å². The van der Waals surface area contributed by atoms with Crippen molar-refractivity contribution in [2.24, 2.45) is 0 Å². The predicted molar refractivity (Wildman–Crippen MR) is 183 cm³/mol. The summed E-state index contributed by atoms with van der Waals surface area (Å²) in [5, 5.41) is 9.45. The maximum Gasteiger partial charge on any atom is 0.350 e. The topological polar surface area (TPSA) is 101 Å². The third-order valence-corrected chi connectivity index (χ3v) is 9.54. The van der Waals surface area contributed by atoms with E-state index < -0.39 is 5.79 Å². The van der Waals surface area contributed by atoms with Gasteiger partial charge in [0.25, 0.3) is 0 Å². The van der Waals surface area contributed by atoms with E-state index in [-0.39, 0.29) is 24.4 Å². The van der Waals surface area contributed by atoms with Crippen LogP contribution in [-0.4, -0.2) is 61.5 Å². The maximum atomic E-state index is 12.6. The van der Waals surface area contributed by atoms with Gasteiger partial charge in [-0.25, -0.2) is 23.7 Å². The van der Waals surface area contributed by atoms with Gasteiger partial charge < -0.3 is 19.1 Å². The zero-order valence-corrected chi connectivity index (χ0v) is 28.3. The normalized spacial score (nSPS) is 20.1. The first-order valence-electron chi connectivity index (χ1n) is 16.1. The lowest BCUT2D eigenvalue weighted by Gasteiger charge is -2.34. The second-order valence-electron chi connectivity index (χ2n) is 12.5. The van der Waals surface area contributed by atoms with Gasteiger partial charge in [-0.15, -0.1) is 0 Å². The summed E-state index contributed by atoms with van der Waals surface area (Å²) in [6.07, 6.45) is 6.45. The van der Waals surface area contributed by atoms with Gasteiger partial charge in [0.15, 0.2) is 0 Å². The van der Waals surface area contributed by atoms with Crippen LogP contribution in [0.5, 0.6) is 5.75 Å². The number of benzene rings is 3. The zero-order valence-electron chi connectivity index (χ0n) is 26.8. The van der Waals surface area contributed by atoms with Crippen LogP contribution >= 0.6 is 23.2 Å². The Kier molecular flexibility index (Phi) is 9.28. The molecule has 5 aromatic rings. The average molecular weight is 691 g/mol. The van der Waals surface area contributed by atoms with E-state index in [9.17, 15) is 4.79 Å². The standard InChI is InChI=1S/C35H37Cl2N7O4/c1-24(2)44-34(45)43(23-40-44)29-8-6-28(7-9-29)41-15-13-26(14-16-41)25-3-10-30(11-4-25)46-18-31-19-47-35(48-31,20-42-22-38-21-39-42)32-12-5-27(36)17-33(32)37/h3-12,17,21-24,26,31H,13-16,18-20H2,1-2H3. The van der Waals surface area contributed by atoms with E-state index in [0.717, 1.165) is 43.1 Å². The van der Waals surface area contributed by atoms with Crippen LogP contribution in [0, 0.1) is 0 Å². The minimum atomic E-state index is -1.15. The molecule has 0 spiro atoms. The molecule has 2 unspecified atom stereocenters. The van der Waals surface area contributed by atoms with Crippen LogP contribution in [0.3, 0.4) is 0 Å². The maximum absolute atomic E-state index is 12.6. The lowest BCUT2D eigenvalue weighted by atomic mass is 9.89. The second-order valence-corrected chi connectivity index (χ2v) is 13.3. The van der Waals surface area contributed by atoms with Gasteiger partial charge in [-0.3, -0.25) is 0 Å². The first-order chi connectivity index (χ1) is 23.3. The molecule has 2 atom stereocenters. The number of halogens is 2. The molecule has 7 rings (SSSR count). The fraction of sp³-hybridized carbons (Fsp3) is 0.371. The fourth-order valence-electron chi connectivity index (χ4n) is 6.45. The SMILES string of the molecule is CC(C)n1ncn(-c2ccc(N3CCC(c4ccc(OCC5COC(Cn6cncn6)(c6ccc(Cl)cc6Cl)O5)cc4)CC3)cc2)c1=O. The molecule has 0 aliphatic carbocycles. The Hall–Kier alpha value is -4.16. The molecule has 48 heavy (non-hydrogen) atoms. The molecule has 0 bridgehead atoms. The molecule has 250 valence electrons. The molecule has 2 saturated heterocycles. The lowest BCUT2D eigenvalue weighted by molar-refractivity contribution is -0.190. The summed E-state index contributed by atoms with van der Waals surface area (Å²) in [4.78, 5) is 19.1. The Balaban J connectivity index is 0.929. The summed E-state index contributed by atoms with van der Waals surface area (Å²) in [5.41, 5.74) is 3.83. The van der Waals surface area contributed by atoms with E-state index >= 15 is 0 Å². The molecule has 0 N–H and O–H groups in total. The quantitative estimate of drug-likeness (QED) is 0.170. The number of hydrogen-bond donors (Lipinski definition) is 0. The van der Waals surface area contributed by atoms with E-state index in [1.807, 2.05) is 44.2 Å². The molecule has 2 fully saturated rings. The van der Waals surface area contributed by atoms with Crippen LogP contribution in [0.15, 0.2) is 90.5 Å². The summed E-state index contributed by atoms with van der Waals surface area (Å²) < 4.78 is 23.6. The van der Waals surface area contributed by atoms with Crippen molar-refractivity contribution in [3.8, 4) is 11.4 Å². The molecule has 4 heterocycles. The van der Waals surface area contributed by atoms with Crippen molar-refractivity contribution in [2.75, 3.05) is 31.2 Å². The van der Waals surface area contributed by atoms with Gasteiger partial charge in [0.1, 0.15) is 44.0 Å². The van der Waals surface area contributed by atoms with Crippen LogP contribution in [0.1, 0.15) is 49.8 Å². The molecule has 0 saturated carbocycles. The molecular formula is C35H37Cl2N7O4. The van der Waals surface area contributed by atoms with Crippen LogP contribution in [0.4, 0.5) is 5.69 Å². The van der Waals surface area contributed by atoms with Gasteiger partial charge in [-0.2, -0.15) is 10.2 Å². The Labute approximate surface area is 288 Å². The highest BCUT2D eigenvalue weighted by Gasteiger charge is 2.45. The van der Waals surface area contributed by atoms with Gasteiger partial charge in [0.2, 0.25) is 5.79 Å². The summed E-state index contributed by atoms with van der Waals surface area (Å²) >= 11 is 12.7. The van der Waals surface area contributed by atoms with Gasteiger partial charge in [-0.05, 0) is 86.7 Å². The molecule has 3 aromatic carbocycles. The number of anilines is 1. The Morgan fingerprint density at radius 1 is 0.958 bits per heavy atom. The highest BCUT2D eigenvalue weighted by atomic mass is 35.5. The Bertz CT molecular complexity index is 1890. The Morgan fingerprint density at radius 3 is 2.38 bits per heavy atom. The highest BCUT2D eigenvalue weighted by Crippen LogP contribution is 2.40. The third kappa shape index (κ3) is 6.73. The number of rotatable bonds is 10. The smallest absolute Gasteiger partial charge is 0.350 e. The summed E-state index contributed by atoms with van der Waals surface area (Å²) in [7, 11) is 0. The van der Waals surface area contributed by atoms with E-state index in [0.29, 0.717) is 34.7 Å². The highest BCUT2D eigenvalue weighted by molar-refractivity contribution is 6.35. The number of piperidine rings is 1. The molecule has 13 heteroatoms. The Morgan fingerprint density at radius 2 is 1.71 bits per heavy atom. The van der Waals surface area contributed by atoms with Gasteiger partial charge in [0, 0.05) is 29.4 Å². The minimum absolute atomic E-state index is 0.0182. The zero-order chi connectivity index (χ0) is 33.3. The van der Waals surface area contributed by atoms with Crippen LogP contribution in [0.25, 0.3) is 5.69 Å². The first-order valence-corrected chi connectivity index (χ1v) is 16.9. The van der Waals surface area contributed by atoms with Crippen molar-refractivity contribution in [1.29, 1.82) is 0 Å². The number of aromatic nitrogens is 6. The van der Waals surface area contributed by atoms with Crippen molar-refractivity contribution >= 4 is 28.9 Å². The predicted octanol–water partition coefficient (Wildman–Crippen LogP) is 6.24. The lowest BCUT2D eigenvalue weighted by Crippen LogP contribution is -2.35. The summed E-state index contributed by atoms with van der Waals surface area (Å²) in [6.45, 7) is 6.73. The van der Waals surface area contributed by atoms with Crippen molar-refractivity contribution in [3.63, 3.8) is 0 Å². The number of hydrogen-bond acceptors (Lipinski definition) is 8. The van der Waals surface area contributed by atoms with Gasteiger partial charge in [-0.1, -0.05) is 41.4 Å². The van der Waals surface area contributed by atoms with Gasteiger partial charge in [0.05, 0.1) is 23.4 Å². The number of nitrogens with zero attached hydrogens (tertiary/aromatic N) is 7.